The molecule has 0 saturated heterocycles. The highest BCUT2D eigenvalue weighted by atomic mass is 32.3. The van der Waals surface area contributed by atoms with Crippen LogP contribution in [0.3, 0.4) is 0 Å². The average Bonchev–Trinajstić information content (AvgIpc) is 3.56. The van der Waals surface area contributed by atoms with Crippen LogP contribution < -0.4 is 10.6 Å². The van der Waals surface area contributed by atoms with Gasteiger partial charge in [0.25, 0.3) is 5.91 Å². The molecule has 1 fully saturated rings. The average molecular weight is 607 g/mol. The van der Waals surface area contributed by atoms with Gasteiger partial charge < -0.3 is 15.5 Å². The van der Waals surface area contributed by atoms with Crippen LogP contribution in [0.1, 0.15) is 48.9 Å². The second kappa shape index (κ2) is 10.4. The third kappa shape index (κ3) is 5.96. The molecule has 0 aromatic heterocycles. The molecule has 0 radical (unpaired) electrons. The highest BCUT2D eigenvalue weighted by Crippen LogP contribution is 2.54. The van der Waals surface area contributed by atoms with E-state index >= 15 is 0 Å². The third-order valence-electron chi connectivity index (χ3n) is 7.13. The number of hydrogen-bond acceptors (Lipinski definition) is 4. The number of rotatable bonds is 7. The van der Waals surface area contributed by atoms with Gasteiger partial charge in [0.1, 0.15) is 12.3 Å². The van der Waals surface area contributed by atoms with Gasteiger partial charge in [-0.25, -0.2) is 0 Å². The standard InChI is InChI=1S/C26H25F6N3O5S/c1-14(36)35-13-15-11-19(41(2,39)40)9-10-20(15)22(35)23(38)34-18-5-3-16(4-6-18)24(25(27,28)29,26(30,31)32)12-21(37)33-17-7-8-17/h3-6,9-11,17,22H,7-8,12-13H2,1-2H3,(H2-,33,34,37,38,39,40)/p+1. The van der Waals surface area contributed by atoms with E-state index in [1.807, 2.05) is 0 Å². The summed E-state index contributed by atoms with van der Waals surface area (Å²) in [6, 6.07) is 5.29. The van der Waals surface area contributed by atoms with Crippen molar-refractivity contribution in [2.75, 3.05) is 11.6 Å². The number of amides is 3. The first-order chi connectivity index (χ1) is 18.8. The number of nitrogens with one attached hydrogen (secondary N) is 2. The minimum Gasteiger partial charge on any atom is -0.353 e. The van der Waals surface area contributed by atoms with Gasteiger partial charge in [0.15, 0.2) is 10.3 Å². The number of halogens is 6. The molecule has 4 rings (SSSR count). The molecule has 8 nitrogen and oxygen atoms in total. The number of carbonyl (C=O) groups is 3. The predicted molar refractivity (Wildman–Crippen MR) is 135 cm³/mol. The summed E-state index contributed by atoms with van der Waals surface area (Å²) in [6.07, 6.45) is -11.6. The van der Waals surface area contributed by atoms with Gasteiger partial charge in [0.2, 0.25) is 22.0 Å². The van der Waals surface area contributed by atoms with Crippen molar-refractivity contribution >= 4 is 33.6 Å². The maximum Gasteiger partial charge on any atom is 0.407 e. The van der Waals surface area contributed by atoms with Gasteiger partial charge >= 0.3 is 12.4 Å². The minimum atomic E-state index is -5.87. The van der Waals surface area contributed by atoms with Crippen LogP contribution >= 0.6 is 0 Å². The molecule has 41 heavy (non-hydrogen) atoms. The Hall–Kier alpha value is -3.46. The molecule has 2 atom stereocenters. The molecule has 15 heteroatoms. The largest absolute Gasteiger partial charge is 0.407 e. The van der Waals surface area contributed by atoms with Gasteiger partial charge in [0, 0.05) is 31.3 Å². The van der Waals surface area contributed by atoms with Gasteiger partial charge in [-0.15, -0.1) is 0 Å². The summed E-state index contributed by atoms with van der Waals surface area (Å²) in [7, 11) is -3.34. The summed E-state index contributed by atoms with van der Waals surface area (Å²) < 4.78 is 106. The number of benzene rings is 2. The van der Waals surface area contributed by atoms with Crippen molar-refractivity contribution in [3.63, 3.8) is 0 Å². The zero-order valence-electron chi connectivity index (χ0n) is 21.7. The Morgan fingerprint density at radius 1 is 1.00 bits per heavy atom. The fraction of sp³-hybridized carbons (Fsp3) is 0.423. The molecular weight excluding hydrogens is 580 g/mol. The Morgan fingerprint density at radius 2 is 1.59 bits per heavy atom. The quantitative estimate of drug-likeness (QED) is 0.312. The van der Waals surface area contributed by atoms with Gasteiger partial charge in [-0.3, -0.25) is 14.4 Å². The topological polar surface area (TPSA) is 116 Å². The first kappa shape index (κ1) is 30.5. The monoisotopic (exact) mass is 606 g/mol. The SMILES string of the molecule is CC(=O)N1Cc2cc([S+](C)(=O)O)ccc2C1C(=O)Nc1ccc(C(CC(=O)NC2CC2)(C(F)(F)F)C(F)(F)F)cc1. The highest BCUT2D eigenvalue weighted by Gasteiger charge is 2.72. The lowest BCUT2D eigenvalue weighted by atomic mass is 9.75. The Balaban J connectivity index is 1.63. The van der Waals surface area contributed by atoms with E-state index < -0.39 is 69.8 Å². The lowest BCUT2D eigenvalue weighted by molar-refractivity contribution is -0.303. The molecule has 2 aromatic rings. The lowest BCUT2D eigenvalue weighted by Gasteiger charge is -2.37. The van der Waals surface area contributed by atoms with E-state index in [0.29, 0.717) is 36.1 Å². The van der Waals surface area contributed by atoms with Crippen LogP contribution in [0.5, 0.6) is 0 Å². The zero-order valence-corrected chi connectivity index (χ0v) is 22.5. The summed E-state index contributed by atoms with van der Waals surface area (Å²) in [6.45, 7) is 1.14. The smallest absolute Gasteiger partial charge is 0.353 e. The molecule has 0 bridgehead atoms. The highest BCUT2D eigenvalue weighted by molar-refractivity contribution is 7.97. The second-order valence-electron chi connectivity index (χ2n) is 10.2. The van der Waals surface area contributed by atoms with E-state index in [0.717, 1.165) is 18.4 Å². The molecule has 1 aliphatic heterocycles. The van der Waals surface area contributed by atoms with Crippen molar-refractivity contribution in [2.24, 2.45) is 0 Å². The first-order valence-corrected chi connectivity index (χ1v) is 14.2. The number of nitrogens with zero attached hydrogens (tertiary/aromatic N) is 1. The molecule has 2 aromatic carbocycles. The van der Waals surface area contributed by atoms with Crippen molar-refractivity contribution in [3.8, 4) is 0 Å². The van der Waals surface area contributed by atoms with Crippen LogP contribution in [-0.4, -0.2) is 51.8 Å². The molecule has 3 amide bonds. The Morgan fingerprint density at radius 3 is 2.07 bits per heavy atom. The second-order valence-corrected chi connectivity index (χ2v) is 12.3. The van der Waals surface area contributed by atoms with Crippen LogP contribution in [0, 0.1) is 0 Å². The zero-order chi connectivity index (χ0) is 30.5. The number of alkyl halides is 6. The number of anilines is 1. The van der Waals surface area contributed by atoms with Crippen molar-refractivity contribution in [2.45, 2.75) is 67.5 Å². The minimum absolute atomic E-state index is 0.0618. The van der Waals surface area contributed by atoms with Crippen LogP contribution in [0.15, 0.2) is 47.4 Å². The van der Waals surface area contributed by atoms with Crippen molar-refractivity contribution in [1.29, 1.82) is 0 Å². The lowest BCUT2D eigenvalue weighted by Crippen LogP contribution is -2.56. The van der Waals surface area contributed by atoms with E-state index in [1.165, 1.54) is 30.0 Å². The van der Waals surface area contributed by atoms with E-state index in [2.05, 4.69) is 10.6 Å². The molecule has 1 aliphatic carbocycles. The predicted octanol–water partition coefficient (Wildman–Crippen LogP) is 4.72. The Bertz CT molecular complexity index is 1400. The molecular formula is C26H26F6N3O5S+. The molecule has 0 spiro atoms. The molecule has 222 valence electrons. The van der Waals surface area contributed by atoms with Crippen molar-refractivity contribution < 1.29 is 49.5 Å². The van der Waals surface area contributed by atoms with Crippen molar-refractivity contribution in [3.05, 3.63) is 59.2 Å². The van der Waals surface area contributed by atoms with Crippen LogP contribution in [0.2, 0.25) is 0 Å². The maximum absolute atomic E-state index is 14.1. The van der Waals surface area contributed by atoms with E-state index in [9.17, 15) is 49.5 Å². The normalized spacial score (nSPS) is 18.9. The fourth-order valence-corrected chi connectivity index (χ4v) is 5.51. The van der Waals surface area contributed by atoms with Gasteiger partial charge in [-0.1, -0.05) is 22.4 Å². The Kier molecular flexibility index (Phi) is 7.75. The number of hydrogen-bond donors (Lipinski definition) is 3. The summed E-state index contributed by atoms with van der Waals surface area (Å²) in [4.78, 5) is 38.9. The van der Waals surface area contributed by atoms with Crippen LogP contribution in [0.25, 0.3) is 0 Å². The summed E-state index contributed by atoms with van der Waals surface area (Å²) in [5, 5.41) is 4.57. The molecule has 2 unspecified atom stereocenters. The summed E-state index contributed by atoms with van der Waals surface area (Å²) in [5.41, 5.74) is -5.09. The van der Waals surface area contributed by atoms with E-state index in [4.69, 9.17) is 0 Å². The van der Waals surface area contributed by atoms with Crippen LogP contribution in [0.4, 0.5) is 32.0 Å². The summed E-state index contributed by atoms with van der Waals surface area (Å²) in [5.74, 6) is -2.70. The molecule has 1 saturated carbocycles. The van der Waals surface area contributed by atoms with Gasteiger partial charge in [-0.2, -0.15) is 30.9 Å². The maximum atomic E-state index is 14.1. The first-order valence-electron chi connectivity index (χ1n) is 12.3. The van der Waals surface area contributed by atoms with Gasteiger partial charge in [-0.05, 0) is 47.7 Å². The third-order valence-corrected chi connectivity index (χ3v) is 8.26. The van der Waals surface area contributed by atoms with Gasteiger partial charge in [0.05, 0.1) is 6.42 Å². The molecule has 1 heterocycles. The fourth-order valence-electron chi connectivity index (χ4n) is 4.83. The van der Waals surface area contributed by atoms with E-state index in [-0.39, 0.29) is 17.1 Å². The van der Waals surface area contributed by atoms with E-state index in [1.54, 1.807) is 0 Å². The van der Waals surface area contributed by atoms with Crippen molar-refractivity contribution in [1.82, 2.24) is 10.2 Å². The Labute approximate surface area is 231 Å². The molecule has 3 N–H and O–H groups in total. The molecule has 2 aliphatic rings. The number of carbonyl (C=O) groups excluding carboxylic acids is 3. The number of fused-ring (bicyclic) bond motifs is 1. The van der Waals surface area contributed by atoms with Crippen LogP contribution in [-0.2, 0) is 40.8 Å². The summed E-state index contributed by atoms with van der Waals surface area (Å²) >= 11 is 0.